The molecule has 138 valence electrons. The summed E-state index contributed by atoms with van der Waals surface area (Å²) in [5.41, 5.74) is 4.77. The maximum Gasteiger partial charge on any atom is 0.244 e. The minimum absolute atomic E-state index is 0.116. The first kappa shape index (κ1) is 19.8. The molecule has 3 heteroatoms. The highest BCUT2D eigenvalue weighted by Gasteiger charge is 2.12. The van der Waals surface area contributed by atoms with E-state index < -0.39 is 0 Å². The summed E-state index contributed by atoms with van der Waals surface area (Å²) in [7, 11) is 0. The molecule has 2 aromatic rings. The van der Waals surface area contributed by atoms with E-state index in [1.165, 1.54) is 11.1 Å². The zero-order valence-corrected chi connectivity index (χ0v) is 16.4. The van der Waals surface area contributed by atoms with Crippen LogP contribution in [0.25, 0.3) is 6.08 Å². The molecule has 0 atom stereocenters. The molecule has 1 amide bonds. The Labute approximate surface area is 157 Å². The van der Waals surface area contributed by atoms with Crippen LogP contribution in [0.4, 0.5) is 0 Å². The average molecular weight is 351 g/mol. The van der Waals surface area contributed by atoms with E-state index in [0.717, 1.165) is 16.9 Å². The van der Waals surface area contributed by atoms with E-state index in [9.17, 15) is 4.79 Å². The molecular formula is C23H29NO2. The van der Waals surface area contributed by atoms with E-state index in [1.807, 2.05) is 37.3 Å². The molecule has 0 aliphatic heterocycles. The third kappa shape index (κ3) is 5.76. The first-order valence-corrected chi connectivity index (χ1v) is 9.03. The Bertz CT molecular complexity index is 768. The smallest absolute Gasteiger partial charge is 0.244 e. The largest absolute Gasteiger partial charge is 0.491 e. The zero-order chi connectivity index (χ0) is 19.2. The molecule has 26 heavy (non-hydrogen) atoms. The van der Waals surface area contributed by atoms with Gasteiger partial charge >= 0.3 is 0 Å². The second-order valence-corrected chi connectivity index (χ2v) is 7.54. The van der Waals surface area contributed by atoms with Crippen LogP contribution in [0.1, 0.15) is 43.0 Å². The SMILES string of the molecule is Cc1cccc(OCCNC(=O)/C=C/c2ccc(C(C)(C)C)cc2)c1C. The van der Waals surface area contributed by atoms with E-state index in [-0.39, 0.29) is 11.3 Å². The molecule has 0 aliphatic rings. The van der Waals surface area contributed by atoms with Gasteiger partial charge in [-0.15, -0.1) is 0 Å². The fourth-order valence-corrected chi connectivity index (χ4v) is 2.54. The van der Waals surface area contributed by atoms with Gasteiger partial charge in [0.05, 0.1) is 6.54 Å². The minimum Gasteiger partial charge on any atom is -0.491 e. The fourth-order valence-electron chi connectivity index (χ4n) is 2.54. The first-order valence-electron chi connectivity index (χ1n) is 9.03. The zero-order valence-electron chi connectivity index (χ0n) is 16.4. The lowest BCUT2D eigenvalue weighted by atomic mass is 9.87. The topological polar surface area (TPSA) is 38.3 Å². The van der Waals surface area contributed by atoms with E-state index in [4.69, 9.17) is 4.74 Å². The summed E-state index contributed by atoms with van der Waals surface area (Å²) in [5, 5.41) is 2.84. The quantitative estimate of drug-likeness (QED) is 0.599. The summed E-state index contributed by atoms with van der Waals surface area (Å²) >= 11 is 0. The molecule has 0 saturated heterocycles. The summed E-state index contributed by atoms with van der Waals surface area (Å²) in [4.78, 5) is 11.9. The molecule has 0 saturated carbocycles. The van der Waals surface area contributed by atoms with E-state index >= 15 is 0 Å². The number of nitrogens with one attached hydrogen (secondary N) is 1. The van der Waals surface area contributed by atoms with Crippen molar-refractivity contribution in [3.8, 4) is 5.75 Å². The van der Waals surface area contributed by atoms with Gasteiger partial charge in [0.2, 0.25) is 5.91 Å². The second kappa shape index (κ2) is 8.70. The van der Waals surface area contributed by atoms with Crippen molar-refractivity contribution in [3.05, 3.63) is 70.8 Å². The highest BCUT2D eigenvalue weighted by molar-refractivity contribution is 5.91. The van der Waals surface area contributed by atoms with Crippen molar-refractivity contribution in [2.45, 2.75) is 40.0 Å². The summed E-state index contributed by atoms with van der Waals surface area (Å²) < 4.78 is 5.74. The van der Waals surface area contributed by atoms with Gasteiger partial charge in [-0.25, -0.2) is 0 Å². The van der Waals surface area contributed by atoms with Crippen LogP contribution in [-0.4, -0.2) is 19.1 Å². The van der Waals surface area contributed by atoms with Gasteiger partial charge in [0.1, 0.15) is 12.4 Å². The van der Waals surface area contributed by atoms with Crippen molar-refractivity contribution in [1.29, 1.82) is 0 Å². The number of hydrogen-bond acceptors (Lipinski definition) is 2. The molecule has 2 aromatic carbocycles. The molecule has 0 spiro atoms. The monoisotopic (exact) mass is 351 g/mol. The summed E-state index contributed by atoms with van der Waals surface area (Å²) in [6.45, 7) is 11.6. The van der Waals surface area contributed by atoms with Gasteiger partial charge < -0.3 is 10.1 Å². The number of hydrogen-bond donors (Lipinski definition) is 1. The number of amides is 1. The molecule has 0 aliphatic carbocycles. The molecule has 0 fully saturated rings. The number of carbonyl (C=O) groups is 1. The van der Waals surface area contributed by atoms with Crippen LogP contribution in [0, 0.1) is 13.8 Å². The van der Waals surface area contributed by atoms with Crippen LogP contribution in [0.3, 0.4) is 0 Å². The van der Waals surface area contributed by atoms with E-state index in [2.05, 4.69) is 51.2 Å². The molecule has 1 N–H and O–H groups in total. The molecule has 2 rings (SSSR count). The van der Waals surface area contributed by atoms with E-state index in [0.29, 0.717) is 13.2 Å². The Morgan fingerprint density at radius 1 is 1.08 bits per heavy atom. The fraction of sp³-hybridized carbons (Fsp3) is 0.348. The Kier molecular flexibility index (Phi) is 6.62. The number of aryl methyl sites for hydroxylation is 1. The van der Waals surface area contributed by atoms with Crippen LogP contribution in [-0.2, 0) is 10.2 Å². The van der Waals surface area contributed by atoms with Gasteiger partial charge in [-0.3, -0.25) is 4.79 Å². The lowest BCUT2D eigenvalue weighted by Gasteiger charge is -2.18. The molecule has 0 bridgehead atoms. The summed E-state index contributed by atoms with van der Waals surface area (Å²) in [6, 6.07) is 14.3. The Hall–Kier alpha value is -2.55. The van der Waals surface area contributed by atoms with Crippen molar-refractivity contribution < 1.29 is 9.53 Å². The maximum atomic E-state index is 11.9. The van der Waals surface area contributed by atoms with Gasteiger partial charge in [0.25, 0.3) is 0 Å². The maximum absolute atomic E-state index is 11.9. The molecular weight excluding hydrogens is 322 g/mol. The lowest BCUT2D eigenvalue weighted by Crippen LogP contribution is -2.26. The van der Waals surface area contributed by atoms with Crippen molar-refractivity contribution in [2.24, 2.45) is 0 Å². The van der Waals surface area contributed by atoms with Crippen molar-refractivity contribution >= 4 is 12.0 Å². The van der Waals surface area contributed by atoms with Gasteiger partial charge in [0, 0.05) is 6.08 Å². The third-order valence-corrected chi connectivity index (χ3v) is 4.42. The van der Waals surface area contributed by atoms with Crippen LogP contribution in [0.2, 0.25) is 0 Å². The molecule has 0 radical (unpaired) electrons. The lowest BCUT2D eigenvalue weighted by molar-refractivity contribution is -0.116. The van der Waals surface area contributed by atoms with Crippen LogP contribution < -0.4 is 10.1 Å². The van der Waals surface area contributed by atoms with Gasteiger partial charge in [-0.2, -0.15) is 0 Å². The number of ether oxygens (including phenoxy) is 1. The Balaban J connectivity index is 1.78. The van der Waals surface area contributed by atoms with Crippen LogP contribution >= 0.6 is 0 Å². The predicted molar refractivity (Wildman–Crippen MR) is 109 cm³/mol. The van der Waals surface area contributed by atoms with Gasteiger partial charge in [-0.05, 0) is 53.7 Å². The number of benzene rings is 2. The van der Waals surface area contributed by atoms with Crippen molar-refractivity contribution in [2.75, 3.05) is 13.2 Å². The minimum atomic E-state index is -0.116. The molecule has 0 heterocycles. The highest BCUT2D eigenvalue weighted by Crippen LogP contribution is 2.22. The van der Waals surface area contributed by atoms with Crippen molar-refractivity contribution in [1.82, 2.24) is 5.32 Å². The van der Waals surface area contributed by atoms with Gasteiger partial charge in [-0.1, -0.05) is 57.2 Å². The summed E-state index contributed by atoms with van der Waals surface area (Å²) in [5.74, 6) is 0.753. The third-order valence-electron chi connectivity index (χ3n) is 4.42. The van der Waals surface area contributed by atoms with Crippen LogP contribution in [0.15, 0.2) is 48.5 Å². The van der Waals surface area contributed by atoms with E-state index in [1.54, 1.807) is 6.08 Å². The second-order valence-electron chi connectivity index (χ2n) is 7.54. The Morgan fingerprint density at radius 3 is 2.42 bits per heavy atom. The number of carbonyl (C=O) groups excluding carboxylic acids is 1. The van der Waals surface area contributed by atoms with Crippen molar-refractivity contribution in [3.63, 3.8) is 0 Å². The Morgan fingerprint density at radius 2 is 1.77 bits per heavy atom. The molecule has 0 aromatic heterocycles. The standard InChI is InChI=1S/C23H29NO2/c1-17-7-6-8-21(18(17)2)26-16-15-24-22(25)14-11-19-9-12-20(13-10-19)23(3,4)5/h6-14H,15-16H2,1-5H3,(H,24,25)/b14-11+. The normalized spacial score (nSPS) is 11.6. The first-order chi connectivity index (χ1) is 12.3. The molecule has 0 unspecified atom stereocenters. The summed E-state index contributed by atoms with van der Waals surface area (Å²) in [6.07, 6.45) is 3.39. The highest BCUT2D eigenvalue weighted by atomic mass is 16.5. The van der Waals surface area contributed by atoms with Crippen LogP contribution in [0.5, 0.6) is 5.75 Å². The van der Waals surface area contributed by atoms with Gasteiger partial charge in [0.15, 0.2) is 0 Å². The molecule has 3 nitrogen and oxygen atoms in total. The average Bonchev–Trinajstić information content (AvgIpc) is 2.60. The predicted octanol–water partition coefficient (Wildman–Crippen LogP) is 4.81. The number of rotatable bonds is 6.